The van der Waals surface area contributed by atoms with Crippen molar-refractivity contribution in [2.24, 2.45) is 0 Å². The maximum atomic E-state index is 11.4. The van der Waals surface area contributed by atoms with Crippen molar-refractivity contribution >= 4 is 17.3 Å². The molecule has 1 saturated heterocycles. The molecule has 1 fully saturated rings. The smallest absolute Gasteiger partial charge is 0.347 e. The molecule has 26 heavy (non-hydrogen) atoms. The Morgan fingerprint density at radius 2 is 2.12 bits per heavy atom. The van der Waals surface area contributed by atoms with Gasteiger partial charge < -0.3 is 14.6 Å². The van der Waals surface area contributed by atoms with Crippen molar-refractivity contribution in [3.63, 3.8) is 0 Å². The lowest BCUT2D eigenvalue weighted by Gasteiger charge is -2.16. The highest BCUT2D eigenvalue weighted by Crippen LogP contribution is 2.37. The van der Waals surface area contributed by atoms with Gasteiger partial charge in [0, 0.05) is 12.6 Å². The molecule has 2 aromatic rings. The molecular weight excluding hydrogens is 352 g/mol. The molecule has 1 aliphatic heterocycles. The Bertz CT molecular complexity index is 769. The second-order valence-corrected chi connectivity index (χ2v) is 7.21. The lowest BCUT2D eigenvalue weighted by atomic mass is 10.2. The third kappa shape index (κ3) is 4.16. The van der Waals surface area contributed by atoms with Gasteiger partial charge >= 0.3 is 5.97 Å². The fourth-order valence-electron chi connectivity index (χ4n) is 3.09. The van der Waals surface area contributed by atoms with E-state index in [1.165, 1.54) is 24.2 Å². The molecule has 0 saturated carbocycles. The van der Waals surface area contributed by atoms with Gasteiger partial charge in [0.1, 0.15) is 28.0 Å². The minimum atomic E-state index is -0.935. The van der Waals surface area contributed by atoms with E-state index in [-0.39, 0.29) is 0 Å². The van der Waals surface area contributed by atoms with E-state index in [2.05, 4.69) is 9.88 Å². The van der Waals surface area contributed by atoms with E-state index >= 15 is 0 Å². The van der Waals surface area contributed by atoms with E-state index in [0.717, 1.165) is 25.2 Å². The summed E-state index contributed by atoms with van der Waals surface area (Å²) < 4.78 is 11.3. The summed E-state index contributed by atoms with van der Waals surface area (Å²) in [5, 5.41) is 10.0. The first-order chi connectivity index (χ1) is 12.6. The van der Waals surface area contributed by atoms with E-state index in [0.29, 0.717) is 40.1 Å². The van der Waals surface area contributed by atoms with Crippen molar-refractivity contribution in [2.75, 3.05) is 33.4 Å². The van der Waals surface area contributed by atoms with E-state index in [9.17, 15) is 9.90 Å². The Hall–Kier alpha value is -2.12. The molecule has 3 rings (SSSR count). The number of ether oxygens (including phenoxy) is 2. The van der Waals surface area contributed by atoms with Gasteiger partial charge in [0.2, 0.25) is 0 Å². The summed E-state index contributed by atoms with van der Waals surface area (Å²) >= 11 is 1.19. The van der Waals surface area contributed by atoms with Crippen LogP contribution in [0.3, 0.4) is 0 Å². The fraction of sp³-hybridized carbons (Fsp3) is 0.474. The lowest BCUT2D eigenvalue weighted by molar-refractivity contribution is 0.0701. The summed E-state index contributed by atoms with van der Waals surface area (Å²) in [6.07, 6.45) is 3.09. The number of hydrogen-bond donors (Lipinski definition) is 1. The average molecular weight is 376 g/mol. The number of aromatic carboxylic acids is 1. The molecule has 0 atom stereocenters. The van der Waals surface area contributed by atoms with Crippen molar-refractivity contribution in [1.82, 2.24) is 9.88 Å². The van der Waals surface area contributed by atoms with Crippen molar-refractivity contribution < 1.29 is 19.4 Å². The van der Waals surface area contributed by atoms with Crippen LogP contribution >= 0.6 is 11.3 Å². The predicted molar refractivity (Wildman–Crippen MR) is 102 cm³/mol. The first kappa shape index (κ1) is 18.7. The van der Waals surface area contributed by atoms with Crippen LogP contribution in [0.2, 0.25) is 0 Å². The number of rotatable bonds is 8. The first-order valence-corrected chi connectivity index (χ1v) is 9.70. The third-order valence-electron chi connectivity index (χ3n) is 4.51. The Balaban J connectivity index is 1.84. The van der Waals surface area contributed by atoms with Gasteiger partial charge in [0.15, 0.2) is 0 Å². The summed E-state index contributed by atoms with van der Waals surface area (Å²) in [5.41, 5.74) is 1.41. The number of aryl methyl sites for hydroxylation is 1. The van der Waals surface area contributed by atoms with Crippen molar-refractivity contribution in [3.05, 3.63) is 28.8 Å². The van der Waals surface area contributed by atoms with Crippen LogP contribution in [0.4, 0.5) is 0 Å². The minimum Gasteiger partial charge on any atom is -0.497 e. The third-order valence-corrected chi connectivity index (χ3v) is 5.63. The zero-order valence-corrected chi connectivity index (χ0v) is 16.0. The number of thiazole rings is 1. The zero-order valence-electron chi connectivity index (χ0n) is 15.2. The highest BCUT2D eigenvalue weighted by Gasteiger charge is 2.20. The summed E-state index contributed by atoms with van der Waals surface area (Å²) in [5.74, 6) is 0.447. The van der Waals surface area contributed by atoms with E-state index < -0.39 is 5.97 Å². The molecular formula is C19H24N2O4S. The monoisotopic (exact) mass is 376 g/mol. The molecule has 0 radical (unpaired) electrons. The number of methoxy groups -OCH3 is 1. The average Bonchev–Trinajstić information content (AvgIpc) is 3.31. The molecule has 7 heteroatoms. The molecule has 2 heterocycles. The van der Waals surface area contributed by atoms with E-state index in [1.54, 1.807) is 7.11 Å². The Morgan fingerprint density at radius 1 is 1.35 bits per heavy atom. The number of likely N-dealkylation sites (tertiary alicyclic amines) is 1. The number of hydrogen-bond acceptors (Lipinski definition) is 6. The Labute approximate surface area is 157 Å². The van der Waals surface area contributed by atoms with Crippen LogP contribution in [0.15, 0.2) is 18.2 Å². The second kappa shape index (κ2) is 8.51. The molecule has 6 nitrogen and oxygen atoms in total. The largest absolute Gasteiger partial charge is 0.497 e. The van der Waals surface area contributed by atoms with Gasteiger partial charge in [-0.05, 0) is 44.5 Å². The SMILES string of the molecule is CCc1nc(-c2ccc(OC)cc2OCCN2CCCC2)sc1C(=O)O. The quantitative estimate of drug-likeness (QED) is 0.760. The van der Waals surface area contributed by atoms with Crippen molar-refractivity contribution in [3.8, 4) is 22.1 Å². The predicted octanol–water partition coefficient (Wildman–Crippen LogP) is 3.55. The van der Waals surface area contributed by atoms with Gasteiger partial charge in [-0.3, -0.25) is 4.90 Å². The zero-order chi connectivity index (χ0) is 18.5. The maximum absolute atomic E-state index is 11.4. The van der Waals surface area contributed by atoms with Gasteiger partial charge in [0.05, 0.1) is 18.4 Å². The summed E-state index contributed by atoms with van der Waals surface area (Å²) in [4.78, 5) is 18.7. The van der Waals surface area contributed by atoms with Gasteiger partial charge in [-0.25, -0.2) is 9.78 Å². The number of benzene rings is 1. The highest BCUT2D eigenvalue weighted by molar-refractivity contribution is 7.17. The molecule has 1 N–H and O–H groups in total. The van der Waals surface area contributed by atoms with Gasteiger partial charge in [-0.1, -0.05) is 6.92 Å². The molecule has 1 aromatic carbocycles. The summed E-state index contributed by atoms with van der Waals surface area (Å²) in [6.45, 7) is 5.63. The number of nitrogens with zero attached hydrogens (tertiary/aromatic N) is 2. The van der Waals surface area contributed by atoms with Crippen LogP contribution in [-0.2, 0) is 6.42 Å². The van der Waals surface area contributed by atoms with Crippen molar-refractivity contribution in [2.45, 2.75) is 26.2 Å². The van der Waals surface area contributed by atoms with E-state index in [1.807, 2.05) is 25.1 Å². The molecule has 0 unspecified atom stereocenters. The number of carboxylic acids is 1. The van der Waals surface area contributed by atoms with Gasteiger partial charge in [-0.2, -0.15) is 0 Å². The standard InChI is InChI=1S/C19H24N2O4S/c1-3-15-17(19(22)23)26-18(20-15)14-7-6-13(24-2)12-16(14)25-11-10-21-8-4-5-9-21/h6-7,12H,3-5,8-11H2,1-2H3,(H,22,23). The number of carbonyl (C=O) groups is 1. The summed E-state index contributed by atoms with van der Waals surface area (Å²) in [6, 6.07) is 5.57. The van der Waals surface area contributed by atoms with Gasteiger partial charge in [0.25, 0.3) is 0 Å². The lowest BCUT2D eigenvalue weighted by Crippen LogP contribution is -2.25. The number of carboxylic acid groups (broad SMARTS) is 1. The highest BCUT2D eigenvalue weighted by atomic mass is 32.1. The molecule has 140 valence electrons. The maximum Gasteiger partial charge on any atom is 0.347 e. The van der Waals surface area contributed by atoms with Gasteiger partial charge in [-0.15, -0.1) is 11.3 Å². The summed E-state index contributed by atoms with van der Waals surface area (Å²) in [7, 11) is 1.62. The van der Waals surface area contributed by atoms with Crippen LogP contribution in [-0.4, -0.2) is 54.3 Å². The molecule has 1 aliphatic rings. The van der Waals surface area contributed by atoms with Crippen LogP contribution in [0.1, 0.15) is 35.1 Å². The van der Waals surface area contributed by atoms with Crippen LogP contribution < -0.4 is 9.47 Å². The van der Waals surface area contributed by atoms with Crippen LogP contribution in [0, 0.1) is 0 Å². The first-order valence-electron chi connectivity index (χ1n) is 8.89. The van der Waals surface area contributed by atoms with Crippen LogP contribution in [0.5, 0.6) is 11.5 Å². The molecule has 0 aliphatic carbocycles. The minimum absolute atomic E-state index is 0.293. The van der Waals surface area contributed by atoms with Crippen molar-refractivity contribution in [1.29, 1.82) is 0 Å². The Morgan fingerprint density at radius 3 is 2.73 bits per heavy atom. The van der Waals surface area contributed by atoms with Crippen LogP contribution in [0.25, 0.3) is 10.6 Å². The van der Waals surface area contributed by atoms with E-state index in [4.69, 9.17) is 9.47 Å². The topological polar surface area (TPSA) is 71.9 Å². The molecule has 0 spiro atoms. The molecule has 1 aromatic heterocycles. The second-order valence-electron chi connectivity index (χ2n) is 6.21. The fourth-order valence-corrected chi connectivity index (χ4v) is 4.11. The molecule has 0 amide bonds. The Kier molecular flexibility index (Phi) is 6.11. The molecule has 0 bridgehead atoms. The normalized spacial score (nSPS) is 14.5. The number of aromatic nitrogens is 1.